The van der Waals surface area contributed by atoms with Gasteiger partial charge in [-0.25, -0.2) is 28.8 Å². The van der Waals surface area contributed by atoms with E-state index in [0.29, 0.717) is 22.3 Å². The normalized spacial score (nSPS) is 13.6. The first-order valence-corrected chi connectivity index (χ1v) is 40.7. The second kappa shape index (κ2) is 54.9. The second-order valence-electron chi connectivity index (χ2n) is 29.3. The molecule has 0 unspecified atom stereocenters. The van der Waals surface area contributed by atoms with E-state index in [4.69, 9.17) is 29.4 Å². The van der Waals surface area contributed by atoms with Crippen molar-refractivity contribution in [2.24, 2.45) is 11.7 Å². The highest BCUT2D eigenvalue weighted by Gasteiger charge is 2.37. The minimum atomic E-state index is -1.89. The maximum absolute atomic E-state index is 15.2. The predicted octanol–water partition coefficient (Wildman–Crippen LogP) is 4.47. The highest BCUT2D eigenvalue weighted by molar-refractivity contribution is 5.98. The minimum Gasteiger partial charge on any atom is -0.480 e. The fourth-order valence-electron chi connectivity index (χ4n) is 12.2. The van der Waals surface area contributed by atoms with Crippen LogP contribution in [0.2, 0.25) is 0 Å². The van der Waals surface area contributed by atoms with E-state index >= 15 is 14.4 Å². The third-order valence-electron chi connectivity index (χ3n) is 18.8. The van der Waals surface area contributed by atoms with Crippen LogP contribution >= 0.6 is 0 Å². The highest BCUT2D eigenvalue weighted by Crippen LogP contribution is 2.15. The number of aliphatic carboxylic acids is 1. The maximum atomic E-state index is 15.2. The van der Waals surface area contributed by atoms with E-state index in [-0.39, 0.29) is 124 Å². The number of unbranched alkanes of at least 4 members (excludes halogenated alkanes) is 2. The van der Waals surface area contributed by atoms with E-state index in [2.05, 4.69) is 69.1 Å². The Morgan fingerprint density at radius 3 is 0.886 bits per heavy atom. The van der Waals surface area contributed by atoms with Crippen molar-refractivity contribution < 1.29 is 106 Å². The molecule has 11 atom stereocenters. The molecule has 0 radical (unpaired) electrons. The van der Waals surface area contributed by atoms with Gasteiger partial charge in [0.15, 0.2) is 6.04 Å². The number of hydrogen-bond acceptors (Lipinski definition) is 22. The molecule has 13 amide bonds. The standard InChI is InChI=1S/C87H114N14O22/c1-56(2)49-70(79(109)96-68(42-47-91-85(116)121-53-62-33-17-8-18-34-62)77(107)95-69(78(108)100-73(58(4)103)82(112)113)43-48-92-86(117)122-54-63-35-19-9-20-36-63)98-80(110)71(50-59-27-11-5-12-28-59)99-75(105)65(39-23-25-45-89-83(114)119-51-60-29-13-6-14-30-60)93-76(106)67(41-44-88)94-74(104)66(40-24-26-46-90-84(115)120-52-61-31-15-7-16-32-61)97-81(111)72(57(3)102)101-87(118)123-55-64-37-21-10-22-38-64/h5-22,27-38,56-58,65-73,102-103H,23-26,39-55,88H2,1-4H3,(H,89,114)(H,90,115)(H,91,116)(H,92,117)(H,93,106)(H,94,104)(H,95,107)(H,96,109)(H,97,111)(H,98,110)(H,99,105)(H,100,108)(H,101,118)(H,112,113)/t57-,58-,65+,66+,67+,68+,69+,70+,71-,72+,73+/m1/s1. The van der Waals surface area contributed by atoms with E-state index in [1.54, 1.807) is 190 Å². The van der Waals surface area contributed by atoms with Gasteiger partial charge in [-0.1, -0.05) is 196 Å². The molecule has 6 rings (SSSR count). The Labute approximate surface area is 713 Å². The Bertz CT molecular complexity index is 4300. The summed E-state index contributed by atoms with van der Waals surface area (Å²) in [7, 11) is 0. The Kier molecular flexibility index (Phi) is 44.0. The summed E-state index contributed by atoms with van der Waals surface area (Å²) < 4.78 is 26.7. The molecule has 0 aliphatic heterocycles. The molecular formula is C87H114N14O22. The monoisotopic (exact) mass is 1710 g/mol. The van der Waals surface area contributed by atoms with Crippen LogP contribution in [-0.2, 0) is 106 Å². The molecule has 0 aromatic heterocycles. The fraction of sp³-hybridized carbons (Fsp3) is 0.425. The van der Waals surface area contributed by atoms with E-state index in [1.807, 2.05) is 6.07 Å². The highest BCUT2D eigenvalue weighted by atomic mass is 16.6. The molecule has 123 heavy (non-hydrogen) atoms. The SMILES string of the molecule is CC(C)C[C@H](NC(=O)[C@@H](Cc1ccccc1)NC(=O)[C@H](CCCCNC(=O)OCc1ccccc1)NC(=O)[C@H](CCN)NC(=O)[C@H](CCCCNC(=O)OCc1ccccc1)NC(=O)[C@@H](NC(=O)OCc1ccccc1)[C@@H](C)O)C(=O)N[C@@H](CCNC(=O)OCc1ccccc1)C(=O)N[C@@H](CCNC(=O)OCc1ccccc1)C(=O)N[C@H](C(=O)O)[C@@H](C)O. The zero-order chi connectivity index (χ0) is 89.3. The van der Waals surface area contributed by atoms with Crippen LogP contribution < -0.4 is 74.9 Å². The molecule has 0 aliphatic rings. The topological polar surface area (TPSA) is 528 Å². The number of rotatable bonds is 52. The lowest BCUT2D eigenvalue weighted by Crippen LogP contribution is -2.61. The Hall–Kier alpha value is -13.2. The largest absolute Gasteiger partial charge is 0.480 e. The van der Waals surface area contributed by atoms with Crippen LogP contribution in [0.1, 0.15) is 125 Å². The molecule has 0 spiro atoms. The average Bonchev–Trinajstić information content (AvgIpc) is 0.849. The van der Waals surface area contributed by atoms with Gasteiger partial charge in [0.05, 0.1) is 12.2 Å². The number of aliphatic hydroxyl groups excluding tert-OH is 2. The molecule has 6 aromatic rings. The number of hydrogen-bond donors (Lipinski definition) is 17. The molecule has 36 nitrogen and oxygen atoms in total. The van der Waals surface area contributed by atoms with Gasteiger partial charge in [-0.15, -0.1) is 0 Å². The first kappa shape index (κ1) is 98.6. The summed E-state index contributed by atoms with van der Waals surface area (Å²) in [5, 5.41) is 64.5. The zero-order valence-corrected chi connectivity index (χ0v) is 69.3. The molecule has 0 aliphatic carbocycles. The summed E-state index contributed by atoms with van der Waals surface area (Å²) in [6, 6.07) is 37.3. The smallest absolute Gasteiger partial charge is 0.408 e. The van der Waals surface area contributed by atoms with Gasteiger partial charge >= 0.3 is 36.4 Å². The van der Waals surface area contributed by atoms with E-state index in [9.17, 15) is 68.1 Å². The average molecular weight is 1710 g/mol. The maximum Gasteiger partial charge on any atom is 0.408 e. The Morgan fingerprint density at radius 2 is 0.561 bits per heavy atom. The molecule has 0 fully saturated rings. The number of carbonyl (C=O) groups is 14. The summed E-state index contributed by atoms with van der Waals surface area (Å²) in [6.07, 6.45) is -8.89. The fourth-order valence-corrected chi connectivity index (χ4v) is 12.2. The quantitative estimate of drug-likeness (QED) is 0.0185. The van der Waals surface area contributed by atoms with Gasteiger partial charge in [-0.2, -0.15) is 0 Å². The van der Waals surface area contributed by atoms with Crippen LogP contribution in [0, 0.1) is 5.92 Å². The van der Waals surface area contributed by atoms with Crippen molar-refractivity contribution in [3.05, 3.63) is 215 Å². The number of carbonyl (C=O) groups excluding carboxylic acids is 13. The number of amides is 13. The van der Waals surface area contributed by atoms with Crippen molar-refractivity contribution in [2.45, 2.75) is 198 Å². The molecule has 0 saturated heterocycles. The third-order valence-corrected chi connectivity index (χ3v) is 18.8. The summed E-state index contributed by atoms with van der Waals surface area (Å²) >= 11 is 0. The number of nitrogens with one attached hydrogen (secondary N) is 13. The van der Waals surface area contributed by atoms with Gasteiger partial charge < -0.3 is 114 Å². The van der Waals surface area contributed by atoms with Gasteiger partial charge in [-0.05, 0) is 124 Å². The molecular weight excluding hydrogens is 1590 g/mol. The zero-order valence-electron chi connectivity index (χ0n) is 69.3. The predicted molar refractivity (Wildman–Crippen MR) is 449 cm³/mol. The molecule has 0 saturated carbocycles. The lowest BCUT2D eigenvalue weighted by atomic mass is 10.00. The van der Waals surface area contributed by atoms with E-state index < -0.39 is 169 Å². The first-order valence-electron chi connectivity index (χ1n) is 40.7. The first-order chi connectivity index (χ1) is 59.1. The number of ether oxygens (including phenoxy) is 5. The minimum absolute atomic E-state index is 0.0141. The third kappa shape index (κ3) is 38.8. The van der Waals surface area contributed by atoms with E-state index in [0.717, 1.165) is 18.1 Å². The second-order valence-corrected chi connectivity index (χ2v) is 29.3. The van der Waals surface area contributed by atoms with Crippen LogP contribution in [0.15, 0.2) is 182 Å². The Morgan fingerprint density at radius 1 is 0.293 bits per heavy atom. The van der Waals surface area contributed by atoms with Crippen LogP contribution in [0.5, 0.6) is 0 Å². The lowest BCUT2D eigenvalue weighted by molar-refractivity contribution is -0.145. The van der Waals surface area contributed by atoms with Crippen molar-refractivity contribution in [1.82, 2.24) is 69.1 Å². The summed E-state index contributed by atoms with van der Waals surface area (Å²) in [5.74, 6) is -10.2. The van der Waals surface area contributed by atoms with Crippen LogP contribution in [-0.4, -0.2) is 198 Å². The van der Waals surface area contributed by atoms with Crippen molar-refractivity contribution >= 4 is 83.7 Å². The lowest BCUT2D eigenvalue weighted by Gasteiger charge is -2.29. The van der Waals surface area contributed by atoms with Gasteiger partial charge in [-0.3, -0.25) is 38.4 Å². The van der Waals surface area contributed by atoms with Crippen molar-refractivity contribution in [1.29, 1.82) is 0 Å². The molecule has 6 aromatic carbocycles. The summed E-state index contributed by atoms with van der Waals surface area (Å²) in [6.45, 7) is 4.29. The number of benzene rings is 6. The van der Waals surface area contributed by atoms with Crippen LogP contribution in [0.4, 0.5) is 24.0 Å². The van der Waals surface area contributed by atoms with Gasteiger partial charge in [0.1, 0.15) is 81.4 Å². The van der Waals surface area contributed by atoms with Crippen molar-refractivity contribution in [3.63, 3.8) is 0 Å². The molecule has 664 valence electrons. The number of carboxylic acid groups (broad SMARTS) is 1. The van der Waals surface area contributed by atoms with Crippen LogP contribution in [0.3, 0.4) is 0 Å². The number of aliphatic hydroxyl groups is 2. The van der Waals surface area contributed by atoms with E-state index in [1.165, 1.54) is 6.92 Å². The van der Waals surface area contributed by atoms with Crippen molar-refractivity contribution in [3.8, 4) is 0 Å². The summed E-state index contributed by atoms with van der Waals surface area (Å²) in [4.78, 5) is 195. The van der Waals surface area contributed by atoms with Gasteiger partial charge in [0.25, 0.3) is 0 Å². The van der Waals surface area contributed by atoms with Crippen LogP contribution in [0.25, 0.3) is 0 Å². The Balaban J connectivity index is 1.27. The molecule has 36 heteroatoms. The van der Waals surface area contributed by atoms with Gasteiger partial charge in [0.2, 0.25) is 47.3 Å². The van der Waals surface area contributed by atoms with Crippen molar-refractivity contribution in [2.75, 3.05) is 32.7 Å². The number of alkyl carbamates (subject to hydrolysis) is 5. The number of carboxylic acids is 1. The number of nitrogens with two attached hydrogens (primary N) is 1. The molecule has 0 heterocycles. The van der Waals surface area contributed by atoms with Gasteiger partial charge in [0, 0.05) is 32.6 Å². The molecule has 18 N–H and O–H groups in total. The summed E-state index contributed by atoms with van der Waals surface area (Å²) in [5.41, 5.74) is 9.97. The molecule has 0 bridgehead atoms.